The van der Waals surface area contributed by atoms with Crippen LogP contribution < -0.4 is 0 Å². The van der Waals surface area contributed by atoms with Crippen molar-refractivity contribution in [2.45, 2.75) is 19.1 Å². The van der Waals surface area contributed by atoms with E-state index in [1.807, 2.05) is 31.3 Å². The third-order valence-corrected chi connectivity index (χ3v) is 3.45. The van der Waals surface area contributed by atoms with Gasteiger partial charge in [-0.25, -0.2) is 4.39 Å². The number of aromatic nitrogens is 1. The highest BCUT2D eigenvalue weighted by molar-refractivity contribution is 6.30. The number of hydrogen-bond donors (Lipinski definition) is 1. The molecule has 1 atom stereocenters. The van der Waals surface area contributed by atoms with Gasteiger partial charge >= 0.3 is 0 Å². The van der Waals surface area contributed by atoms with Crippen LogP contribution in [0.4, 0.5) is 4.39 Å². The number of rotatable bonds is 6. The van der Waals surface area contributed by atoms with Crippen LogP contribution in [0.15, 0.2) is 42.6 Å². The Morgan fingerprint density at radius 2 is 2.14 bits per heavy atom. The summed E-state index contributed by atoms with van der Waals surface area (Å²) in [6.45, 7) is 1.46. The zero-order valence-electron chi connectivity index (χ0n) is 11.8. The number of benzene rings is 1. The molecule has 0 fully saturated rings. The SMILES string of the molecule is CN(CCC(O)c1ccc(F)cn1)Cc1cccc(Cl)c1. The van der Waals surface area contributed by atoms with E-state index in [0.717, 1.165) is 23.3 Å². The van der Waals surface area contributed by atoms with Crippen molar-refractivity contribution in [2.75, 3.05) is 13.6 Å². The minimum absolute atomic E-state index is 0.399. The fourth-order valence-electron chi connectivity index (χ4n) is 2.10. The molecule has 5 heteroatoms. The summed E-state index contributed by atoms with van der Waals surface area (Å²) in [5, 5.41) is 10.8. The van der Waals surface area contributed by atoms with Gasteiger partial charge in [0.1, 0.15) is 5.82 Å². The molecule has 1 aromatic heterocycles. The molecular weight excluding hydrogens is 291 g/mol. The molecule has 0 radical (unpaired) electrons. The third-order valence-electron chi connectivity index (χ3n) is 3.22. The van der Waals surface area contributed by atoms with E-state index in [1.54, 1.807) is 0 Å². The predicted octanol–water partition coefficient (Wildman–Crippen LogP) is 3.43. The van der Waals surface area contributed by atoms with Gasteiger partial charge in [-0.2, -0.15) is 0 Å². The summed E-state index contributed by atoms with van der Waals surface area (Å²) >= 11 is 5.95. The Morgan fingerprint density at radius 3 is 2.81 bits per heavy atom. The topological polar surface area (TPSA) is 36.4 Å². The number of pyridine rings is 1. The van der Waals surface area contributed by atoms with E-state index in [-0.39, 0.29) is 0 Å². The second kappa shape index (κ2) is 7.50. The molecule has 0 saturated carbocycles. The summed E-state index contributed by atoms with van der Waals surface area (Å²) < 4.78 is 12.8. The minimum atomic E-state index is -0.688. The molecule has 0 saturated heterocycles. The molecule has 0 bridgehead atoms. The summed E-state index contributed by atoms with van der Waals surface area (Å²) in [6, 6.07) is 10.5. The van der Waals surface area contributed by atoms with E-state index in [4.69, 9.17) is 11.6 Å². The van der Waals surface area contributed by atoms with Crippen molar-refractivity contribution in [3.8, 4) is 0 Å². The van der Waals surface area contributed by atoms with Gasteiger partial charge in [-0.1, -0.05) is 23.7 Å². The summed E-state index contributed by atoms with van der Waals surface area (Å²) in [4.78, 5) is 5.99. The van der Waals surface area contributed by atoms with Gasteiger partial charge in [0.25, 0.3) is 0 Å². The number of nitrogens with zero attached hydrogens (tertiary/aromatic N) is 2. The van der Waals surface area contributed by atoms with Crippen molar-refractivity contribution in [2.24, 2.45) is 0 Å². The lowest BCUT2D eigenvalue weighted by atomic mass is 10.1. The third kappa shape index (κ3) is 5.08. The van der Waals surface area contributed by atoms with Gasteiger partial charge in [0.15, 0.2) is 0 Å². The lowest BCUT2D eigenvalue weighted by Gasteiger charge is -2.19. The van der Waals surface area contributed by atoms with E-state index in [2.05, 4.69) is 9.88 Å². The largest absolute Gasteiger partial charge is 0.387 e. The average molecular weight is 309 g/mol. The van der Waals surface area contributed by atoms with Crippen molar-refractivity contribution in [1.82, 2.24) is 9.88 Å². The first kappa shape index (κ1) is 15.9. The van der Waals surface area contributed by atoms with Crippen LogP contribution in [0.25, 0.3) is 0 Å². The molecular formula is C16H18ClFN2O. The van der Waals surface area contributed by atoms with Crippen molar-refractivity contribution in [3.63, 3.8) is 0 Å². The normalized spacial score (nSPS) is 12.6. The highest BCUT2D eigenvalue weighted by Crippen LogP contribution is 2.16. The Balaban J connectivity index is 1.83. The number of halogens is 2. The first-order valence-corrected chi connectivity index (χ1v) is 7.15. The molecule has 3 nitrogen and oxygen atoms in total. The summed E-state index contributed by atoms with van der Waals surface area (Å²) in [7, 11) is 1.98. The first-order valence-electron chi connectivity index (χ1n) is 6.77. The van der Waals surface area contributed by atoms with Crippen LogP contribution in [0.5, 0.6) is 0 Å². The van der Waals surface area contributed by atoms with Gasteiger partial charge in [-0.3, -0.25) is 4.98 Å². The van der Waals surface area contributed by atoms with E-state index >= 15 is 0 Å². The van der Waals surface area contributed by atoms with Crippen LogP contribution in [0, 0.1) is 5.82 Å². The van der Waals surface area contributed by atoms with Gasteiger partial charge < -0.3 is 10.0 Å². The smallest absolute Gasteiger partial charge is 0.141 e. The van der Waals surface area contributed by atoms with Crippen molar-refractivity contribution >= 4 is 11.6 Å². The lowest BCUT2D eigenvalue weighted by molar-refractivity contribution is 0.143. The Morgan fingerprint density at radius 1 is 1.33 bits per heavy atom. The average Bonchev–Trinajstić information content (AvgIpc) is 2.45. The second-order valence-electron chi connectivity index (χ2n) is 5.07. The Hall–Kier alpha value is -1.49. The fraction of sp³-hybridized carbons (Fsp3) is 0.312. The minimum Gasteiger partial charge on any atom is -0.387 e. The lowest BCUT2D eigenvalue weighted by Crippen LogP contribution is -2.21. The molecule has 0 spiro atoms. The summed E-state index contributed by atoms with van der Waals surface area (Å²) in [5.41, 5.74) is 1.62. The predicted molar refractivity (Wildman–Crippen MR) is 81.6 cm³/mol. The Bertz CT molecular complexity index is 577. The van der Waals surface area contributed by atoms with Crippen molar-refractivity contribution in [1.29, 1.82) is 0 Å². The molecule has 112 valence electrons. The zero-order chi connectivity index (χ0) is 15.2. The van der Waals surface area contributed by atoms with Crippen LogP contribution >= 0.6 is 11.6 Å². The standard InChI is InChI=1S/C16H18ClFN2O/c1-20(11-12-3-2-4-13(17)9-12)8-7-16(21)15-6-5-14(18)10-19-15/h2-6,9-10,16,21H,7-8,11H2,1H3. The van der Waals surface area contributed by atoms with Crippen LogP contribution in [-0.4, -0.2) is 28.6 Å². The fourth-order valence-corrected chi connectivity index (χ4v) is 2.31. The first-order chi connectivity index (χ1) is 10.0. The maximum absolute atomic E-state index is 12.8. The molecule has 21 heavy (non-hydrogen) atoms. The number of aliphatic hydroxyl groups excluding tert-OH is 1. The maximum atomic E-state index is 12.8. The zero-order valence-corrected chi connectivity index (χ0v) is 12.6. The van der Waals surface area contributed by atoms with E-state index < -0.39 is 11.9 Å². The van der Waals surface area contributed by atoms with Gasteiger partial charge in [-0.05, 0) is 43.3 Å². The molecule has 0 aliphatic carbocycles. The summed E-state index contributed by atoms with van der Waals surface area (Å²) in [6.07, 6.45) is 0.969. The quantitative estimate of drug-likeness (QED) is 0.888. The molecule has 2 rings (SSSR count). The van der Waals surface area contributed by atoms with Crippen LogP contribution in [-0.2, 0) is 6.54 Å². The molecule has 0 aliphatic rings. The Kier molecular flexibility index (Phi) is 5.67. The Labute approximate surface area is 129 Å². The number of hydrogen-bond acceptors (Lipinski definition) is 3. The molecule has 1 aromatic carbocycles. The molecule has 1 N–H and O–H groups in total. The summed E-state index contributed by atoms with van der Waals surface area (Å²) in [5.74, 6) is -0.399. The highest BCUT2D eigenvalue weighted by Gasteiger charge is 2.10. The van der Waals surface area contributed by atoms with Crippen molar-refractivity contribution < 1.29 is 9.50 Å². The van der Waals surface area contributed by atoms with Crippen LogP contribution in [0.3, 0.4) is 0 Å². The van der Waals surface area contributed by atoms with Gasteiger partial charge in [-0.15, -0.1) is 0 Å². The van der Waals surface area contributed by atoms with E-state index in [9.17, 15) is 9.50 Å². The molecule has 0 amide bonds. The molecule has 1 heterocycles. The van der Waals surface area contributed by atoms with Gasteiger partial charge in [0.05, 0.1) is 18.0 Å². The monoisotopic (exact) mass is 308 g/mol. The van der Waals surface area contributed by atoms with Gasteiger partial charge in [0.2, 0.25) is 0 Å². The van der Waals surface area contributed by atoms with Gasteiger partial charge in [0, 0.05) is 18.1 Å². The highest BCUT2D eigenvalue weighted by atomic mass is 35.5. The second-order valence-corrected chi connectivity index (χ2v) is 5.51. The van der Waals surface area contributed by atoms with E-state index in [0.29, 0.717) is 18.7 Å². The maximum Gasteiger partial charge on any atom is 0.141 e. The molecule has 0 aliphatic heterocycles. The molecule has 1 unspecified atom stereocenters. The van der Waals surface area contributed by atoms with Crippen LogP contribution in [0.2, 0.25) is 5.02 Å². The van der Waals surface area contributed by atoms with Crippen molar-refractivity contribution in [3.05, 3.63) is 64.7 Å². The molecule has 2 aromatic rings. The number of aliphatic hydroxyl groups is 1. The van der Waals surface area contributed by atoms with Crippen LogP contribution in [0.1, 0.15) is 23.8 Å². The van der Waals surface area contributed by atoms with E-state index in [1.165, 1.54) is 12.1 Å².